The second-order valence-electron chi connectivity index (χ2n) is 9.36. The first-order valence-corrected chi connectivity index (χ1v) is 11.7. The molecule has 0 amide bonds. The molecule has 3 nitrogen and oxygen atoms in total. The van der Waals surface area contributed by atoms with Gasteiger partial charge in [0.25, 0.3) is 0 Å². The van der Waals surface area contributed by atoms with E-state index < -0.39 is 0 Å². The number of dihydropyridines is 1. The molecular weight excluding hydrogens is 402 g/mol. The zero-order chi connectivity index (χ0) is 24.3. The molecule has 1 heterocycles. The summed E-state index contributed by atoms with van der Waals surface area (Å²) in [6.07, 6.45) is 7.34. The Kier molecular flexibility index (Phi) is 7.53. The van der Waals surface area contributed by atoms with Crippen LogP contribution in [0.1, 0.15) is 53.6 Å². The van der Waals surface area contributed by atoms with Gasteiger partial charge in [0, 0.05) is 5.92 Å². The van der Waals surface area contributed by atoms with Crippen molar-refractivity contribution in [2.24, 2.45) is 15.9 Å². The summed E-state index contributed by atoms with van der Waals surface area (Å²) < 4.78 is 0. The van der Waals surface area contributed by atoms with Gasteiger partial charge in [-0.15, -0.1) is 6.58 Å². The number of rotatable bonds is 6. The smallest absolute Gasteiger partial charge is 0.0692 e. The fourth-order valence-electron chi connectivity index (χ4n) is 4.61. The van der Waals surface area contributed by atoms with Crippen LogP contribution in [-0.4, -0.2) is 11.4 Å². The van der Waals surface area contributed by atoms with E-state index in [1.54, 1.807) is 0 Å². The number of nitrogens with zero attached hydrogens (tertiary/aromatic N) is 2. The normalized spacial score (nSPS) is 16.8. The second-order valence-corrected chi connectivity index (χ2v) is 9.36. The minimum absolute atomic E-state index is 0.254. The summed E-state index contributed by atoms with van der Waals surface area (Å²) in [5, 5.41) is 3.61. The number of hydrogen-bond donors (Lipinski definition) is 1. The molecule has 1 aliphatic heterocycles. The maximum Gasteiger partial charge on any atom is 0.0692 e. The van der Waals surface area contributed by atoms with Crippen LogP contribution in [0.25, 0.3) is 0 Å². The van der Waals surface area contributed by atoms with E-state index in [9.17, 15) is 0 Å². The highest BCUT2D eigenvalue weighted by Crippen LogP contribution is 2.29. The number of aryl methyl sites for hydroxylation is 6. The van der Waals surface area contributed by atoms with Crippen molar-refractivity contribution in [1.82, 2.24) is 5.32 Å². The Morgan fingerprint density at radius 3 is 1.45 bits per heavy atom. The van der Waals surface area contributed by atoms with Crippen molar-refractivity contribution >= 4 is 22.8 Å². The second kappa shape index (κ2) is 10.2. The molecule has 0 saturated heterocycles. The summed E-state index contributed by atoms with van der Waals surface area (Å²) in [4.78, 5) is 10.1. The van der Waals surface area contributed by atoms with Gasteiger partial charge >= 0.3 is 0 Å². The number of hydrogen-bond acceptors (Lipinski definition) is 3. The zero-order valence-electron chi connectivity index (χ0n) is 21.4. The van der Waals surface area contributed by atoms with Gasteiger partial charge < -0.3 is 5.32 Å². The van der Waals surface area contributed by atoms with Crippen LogP contribution in [0.15, 0.2) is 70.5 Å². The summed E-state index contributed by atoms with van der Waals surface area (Å²) in [6, 6.07) is 8.76. The van der Waals surface area contributed by atoms with E-state index in [1.165, 1.54) is 33.4 Å². The highest BCUT2D eigenvalue weighted by atomic mass is 15.0. The summed E-state index contributed by atoms with van der Waals surface area (Å²) in [7, 11) is 0. The molecule has 0 bridgehead atoms. The fourth-order valence-corrected chi connectivity index (χ4v) is 4.61. The van der Waals surface area contributed by atoms with E-state index in [0.717, 1.165) is 40.6 Å². The molecule has 2 aromatic rings. The molecule has 0 fully saturated rings. The Bertz CT molecular complexity index is 1070. The first-order valence-electron chi connectivity index (χ1n) is 11.7. The Balaban J connectivity index is 1.98. The Hall–Kier alpha value is -3.20. The number of benzene rings is 2. The average molecular weight is 440 g/mol. The molecule has 33 heavy (non-hydrogen) atoms. The minimum Gasteiger partial charge on any atom is -0.353 e. The quantitative estimate of drug-likeness (QED) is 0.359. The lowest BCUT2D eigenvalue weighted by Crippen LogP contribution is -2.27. The molecule has 1 aliphatic rings. The maximum absolute atomic E-state index is 5.03. The van der Waals surface area contributed by atoms with Crippen molar-refractivity contribution in [1.29, 1.82) is 0 Å². The number of nitrogens with one attached hydrogen (secondary N) is 1. The number of aliphatic imine (C=N–C) groups is 2. The molecule has 2 aromatic carbocycles. The maximum atomic E-state index is 5.03. The van der Waals surface area contributed by atoms with Crippen molar-refractivity contribution in [2.75, 3.05) is 0 Å². The van der Waals surface area contributed by atoms with E-state index in [1.807, 2.05) is 6.08 Å². The first-order chi connectivity index (χ1) is 15.6. The zero-order valence-corrected chi connectivity index (χ0v) is 21.4. The van der Waals surface area contributed by atoms with Gasteiger partial charge in [0.05, 0.1) is 34.2 Å². The van der Waals surface area contributed by atoms with Crippen LogP contribution < -0.4 is 5.32 Å². The lowest BCUT2D eigenvalue weighted by molar-refractivity contribution is 0.783. The summed E-state index contributed by atoms with van der Waals surface area (Å²) in [5.41, 5.74) is 13.4. The van der Waals surface area contributed by atoms with E-state index >= 15 is 0 Å². The Morgan fingerprint density at radius 2 is 1.12 bits per heavy atom. The Morgan fingerprint density at radius 1 is 0.758 bits per heavy atom. The third-order valence-electron chi connectivity index (χ3n) is 6.08. The van der Waals surface area contributed by atoms with Gasteiger partial charge in [0.1, 0.15) is 0 Å². The Labute approximate surface area is 199 Å². The van der Waals surface area contributed by atoms with Crippen LogP contribution >= 0.6 is 0 Å². The van der Waals surface area contributed by atoms with Gasteiger partial charge in [0.2, 0.25) is 0 Å². The van der Waals surface area contributed by atoms with Crippen LogP contribution in [0, 0.1) is 47.5 Å². The summed E-state index contributed by atoms with van der Waals surface area (Å²) in [5.74, 6) is 0.254. The van der Waals surface area contributed by atoms with Crippen LogP contribution in [0.2, 0.25) is 0 Å². The van der Waals surface area contributed by atoms with Crippen LogP contribution in [0.5, 0.6) is 0 Å². The van der Waals surface area contributed by atoms with Crippen molar-refractivity contribution in [3.8, 4) is 0 Å². The molecule has 172 valence electrons. The predicted octanol–water partition coefficient (Wildman–Crippen LogP) is 7.99. The predicted molar refractivity (Wildman–Crippen MR) is 144 cm³/mol. The molecule has 0 unspecified atom stereocenters. The average Bonchev–Trinajstić information content (AvgIpc) is 2.73. The molecule has 0 aromatic heterocycles. The van der Waals surface area contributed by atoms with Crippen LogP contribution in [-0.2, 0) is 0 Å². The molecule has 1 N–H and O–H groups in total. The van der Waals surface area contributed by atoms with Gasteiger partial charge in [-0.2, -0.15) is 0 Å². The highest BCUT2D eigenvalue weighted by Gasteiger charge is 2.18. The lowest BCUT2D eigenvalue weighted by atomic mass is 9.96. The van der Waals surface area contributed by atoms with E-state index in [2.05, 4.69) is 104 Å². The molecule has 0 atom stereocenters. The molecule has 0 radical (unpaired) electrons. The standard InChI is InChI=1S/C30H37N3/c1-10-11-26-16-27(24(8)31-29-20(4)12-18(2)13-21(29)5)33-28(17-26)25(9)32-30-22(6)14-19(3)15-23(30)7/h10,12-17,26,33H,1,11H2,2-9H3. The summed E-state index contributed by atoms with van der Waals surface area (Å²) in [6.45, 7) is 20.9. The molecule has 3 heteroatoms. The molecule has 0 saturated carbocycles. The van der Waals surface area contributed by atoms with Crippen molar-refractivity contribution in [3.05, 3.63) is 93.8 Å². The molecule has 0 aliphatic carbocycles. The summed E-state index contributed by atoms with van der Waals surface area (Å²) >= 11 is 0. The van der Waals surface area contributed by atoms with Gasteiger partial charge in [0.15, 0.2) is 0 Å². The van der Waals surface area contributed by atoms with Gasteiger partial charge in [-0.05, 0) is 84.1 Å². The van der Waals surface area contributed by atoms with Crippen LogP contribution in [0.4, 0.5) is 11.4 Å². The van der Waals surface area contributed by atoms with Crippen molar-refractivity contribution in [3.63, 3.8) is 0 Å². The third kappa shape index (κ3) is 5.78. The third-order valence-corrected chi connectivity index (χ3v) is 6.08. The lowest BCUT2D eigenvalue weighted by Gasteiger charge is -2.23. The van der Waals surface area contributed by atoms with E-state index in [0.29, 0.717) is 0 Å². The minimum atomic E-state index is 0.254. The van der Waals surface area contributed by atoms with E-state index in [4.69, 9.17) is 9.98 Å². The molecule has 0 spiro atoms. The first kappa shape index (κ1) is 24.4. The SMILES string of the molecule is C=CCC1C=C(C(C)=Nc2c(C)cc(C)cc2C)NC(C(C)=Nc2c(C)cc(C)cc2C)=C1. The monoisotopic (exact) mass is 439 g/mol. The largest absolute Gasteiger partial charge is 0.353 e. The fraction of sp³-hybridized carbons (Fsp3) is 0.333. The van der Waals surface area contributed by atoms with Gasteiger partial charge in [-0.25, -0.2) is 0 Å². The highest BCUT2D eigenvalue weighted by molar-refractivity contribution is 6.05. The van der Waals surface area contributed by atoms with Crippen molar-refractivity contribution in [2.45, 2.75) is 61.8 Å². The topological polar surface area (TPSA) is 36.8 Å². The van der Waals surface area contributed by atoms with Crippen LogP contribution in [0.3, 0.4) is 0 Å². The molecule has 3 rings (SSSR count). The van der Waals surface area contributed by atoms with Gasteiger partial charge in [-0.3, -0.25) is 9.98 Å². The molecular formula is C30H37N3. The van der Waals surface area contributed by atoms with E-state index in [-0.39, 0.29) is 5.92 Å². The number of allylic oxidation sites excluding steroid dienone is 5. The van der Waals surface area contributed by atoms with Gasteiger partial charge in [-0.1, -0.05) is 53.6 Å². The van der Waals surface area contributed by atoms with Crippen molar-refractivity contribution < 1.29 is 0 Å².